The molecule has 0 radical (unpaired) electrons. The highest BCUT2D eigenvalue weighted by molar-refractivity contribution is 7.99. The zero-order valence-corrected chi connectivity index (χ0v) is 20.1. The number of fused-ring (bicyclic) bond motifs is 2. The minimum atomic E-state index is -0.105. The molecule has 1 aliphatic rings. The Morgan fingerprint density at radius 2 is 1.79 bits per heavy atom. The number of imidazole rings is 1. The lowest BCUT2D eigenvalue weighted by Crippen LogP contribution is -2.32. The van der Waals surface area contributed by atoms with Crippen LogP contribution >= 0.6 is 11.8 Å². The molecular formula is C27H26N4O2S. The minimum Gasteiger partial charge on any atom is -0.325 e. The van der Waals surface area contributed by atoms with Crippen LogP contribution in [0.2, 0.25) is 0 Å². The van der Waals surface area contributed by atoms with Crippen LogP contribution in [0.15, 0.2) is 71.9 Å². The van der Waals surface area contributed by atoms with E-state index in [0.717, 1.165) is 34.4 Å². The number of benzene rings is 3. The molecule has 2 amide bonds. The van der Waals surface area contributed by atoms with E-state index in [1.165, 1.54) is 22.9 Å². The average molecular weight is 471 g/mol. The Kier molecular flexibility index (Phi) is 6.11. The maximum Gasteiger partial charge on any atom is 0.247 e. The molecule has 2 heterocycles. The lowest BCUT2D eigenvalue weighted by Gasteiger charge is -2.18. The van der Waals surface area contributed by atoms with Crippen LogP contribution in [0.5, 0.6) is 0 Å². The van der Waals surface area contributed by atoms with Crippen LogP contribution in [0.25, 0.3) is 11.0 Å². The van der Waals surface area contributed by atoms with E-state index in [0.29, 0.717) is 11.7 Å². The highest BCUT2D eigenvalue weighted by Crippen LogP contribution is 2.29. The summed E-state index contributed by atoms with van der Waals surface area (Å²) in [6.07, 6.45) is 0.868. The lowest BCUT2D eigenvalue weighted by atomic mass is 10.1. The molecule has 3 aromatic carbocycles. The van der Waals surface area contributed by atoms with Crippen molar-refractivity contribution < 1.29 is 9.59 Å². The molecule has 0 atom stereocenters. The second kappa shape index (κ2) is 9.35. The standard InChI is InChI=1S/C27H26N4O2S/c1-18-11-12-21(15-19(18)2)28-25(32)17-34-27-29-22-8-4-6-10-24(22)31(27)16-26(33)30-14-13-20-7-3-5-9-23(20)30/h3-12,15H,13-14,16-17H2,1-2H3,(H,28,32). The van der Waals surface area contributed by atoms with E-state index in [-0.39, 0.29) is 24.1 Å². The molecule has 6 nitrogen and oxygen atoms in total. The molecule has 4 aromatic rings. The van der Waals surface area contributed by atoms with Crippen molar-refractivity contribution in [2.45, 2.75) is 32.0 Å². The first-order valence-corrected chi connectivity index (χ1v) is 12.3. The van der Waals surface area contributed by atoms with E-state index in [4.69, 9.17) is 4.98 Å². The summed E-state index contributed by atoms with van der Waals surface area (Å²) in [5.41, 5.74) is 6.99. The molecule has 0 fully saturated rings. The van der Waals surface area contributed by atoms with Gasteiger partial charge in [0.25, 0.3) is 0 Å². The number of amides is 2. The van der Waals surface area contributed by atoms with E-state index in [1.54, 1.807) is 0 Å². The van der Waals surface area contributed by atoms with Crippen molar-refractivity contribution >= 4 is 46.0 Å². The van der Waals surface area contributed by atoms with Gasteiger partial charge in [0.15, 0.2) is 5.16 Å². The van der Waals surface area contributed by atoms with Gasteiger partial charge in [-0.25, -0.2) is 4.98 Å². The Labute approximate surface area is 203 Å². The fourth-order valence-electron chi connectivity index (χ4n) is 4.28. The van der Waals surface area contributed by atoms with Crippen molar-refractivity contribution in [3.8, 4) is 0 Å². The molecule has 0 unspecified atom stereocenters. The summed E-state index contributed by atoms with van der Waals surface area (Å²) in [5.74, 6) is 0.123. The molecular weight excluding hydrogens is 444 g/mol. The van der Waals surface area contributed by atoms with E-state index in [9.17, 15) is 9.59 Å². The van der Waals surface area contributed by atoms with Gasteiger partial charge in [-0.05, 0) is 67.3 Å². The Morgan fingerprint density at radius 3 is 2.65 bits per heavy atom. The van der Waals surface area contributed by atoms with Gasteiger partial charge in [-0.2, -0.15) is 0 Å². The van der Waals surface area contributed by atoms with Gasteiger partial charge in [0, 0.05) is 17.9 Å². The zero-order valence-electron chi connectivity index (χ0n) is 19.2. The Bertz CT molecular complexity index is 1390. The predicted octanol–water partition coefficient (Wildman–Crippen LogP) is 4.97. The van der Waals surface area contributed by atoms with Gasteiger partial charge in [0.1, 0.15) is 6.54 Å². The molecule has 172 valence electrons. The number of hydrogen-bond donors (Lipinski definition) is 1. The fourth-order valence-corrected chi connectivity index (χ4v) is 5.09. The van der Waals surface area contributed by atoms with Crippen LogP contribution in [0.1, 0.15) is 16.7 Å². The quantitative estimate of drug-likeness (QED) is 0.404. The lowest BCUT2D eigenvalue weighted by molar-refractivity contribution is -0.119. The number of thioether (sulfide) groups is 1. The zero-order chi connectivity index (χ0) is 23.7. The van der Waals surface area contributed by atoms with Crippen LogP contribution in [0.3, 0.4) is 0 Å². The van der Waals surface area contributed by atoms with Crippen molar-refractivity contribution in [1.82, 2.24) is 9.55 Å². The van der Waals surface area contributed by atoms with Gasteiger partial charge in [-0.1, -0.05) is 48.2 Å². The number of carbonyl (C=O) groups is 2. The topological polar surface area (TPSA) is 67.2 Å². The summed E-state index contributed by atoms with van der Waals surface area (Å²) >= 11 is 1.35. The first-order valence-electron chi connectivity index (χ1n) is 11.3. The maximum absolute atomic E-state index is 13.3. The molecule has 0 spiro atoms. The van der Waals surface area contributed by atoms with Gasteiger partial charge in [-0.15, -0.1) is 0 Å². The third-order valence-corrected chi connectivity index (χ3v) is 7.20. The smallest absolute Gasteiger partial charge is 0.247 e. The molecule has 0 aliphatic carbocycles. The highest BCUT2D eigenvalue weighted by Gasteiger charge is 2.25. The second-order valence-electron chi connectivity index (χ2n) is 8.53. The van der Waals surface area contributed by atoms with Gasteiger partial charge in [0.05, 0.1) is 16.8 Å². The van der Waals surface area contributed by atoms with Crippen LogP contribution < -0.4 is 10.2 Å². The molecule has 0 bridgehead atoms. The maximum atomic E-state index is 13.3. The SMILES string of the molecule is Cc1ccc(NC(=O)CSc2nc3ccccc3n2CC(=O)N2CCc3ccccc32)cc1C. The van der Waals surface area contributed by atoms with Crippen molar-refractivity contribution in [3.05, 3.63) is 83.4 Å². The van der Waals surface area contributed by atoms with Crippen LogP contribution in [-0.4, -0.2) is 33.7 Å². The second-order valence-corrected chi connectivity index (χ2v) is 9.47. The van der Waals surface area contributed by atoms with Crippen LogP contribution in [-0.2, 0) is 22.6 Å². The molecule has 1 aliphatic heterocycles. The molecule has 0 saturated heterocycles. The van der Waals surface area contributed by atoms with Crippen LogP contribution in [0, 0.1) is 13.8 Å². The minimum absolute atomic E-state index is 0.0227. The summed E-state index contributed by atoms with van der Waals surface area (Å²) in [7, 11) is 0. The monoisotopic (exact) mass is 470 g/mol. The highest BCUT2D eigenvalue weighted by atomic mass is 32.2. The van der Waals surface area contributed by atoms with Crippen molar-refractivity contribution in [2.75, 3.05) is 22.5 Å². The largest absolute Gasteiger partial charge is 0.325 e. The van der Waals surface area contributed by atoms with E-state index >= 15 is 0 Å². The van der Waals surface area contributed by atoms with Gasteiger partial charge < -0.3 is 14.8 Å². The first kappa shape index (κ1) is 22.2. The number of aryl methyl sites for hydroxylation is 2. The molecule has 1 N–H and O–H groups in total. The van der Waals surface area contributed by atoms with E-state index < -0.39 is 0 Å². The molecule has 7 heteroatoms. The van der Waals surface area contributed by atoms with Gasteiger partial charge >= 0.3 is 0 Å². The first-order chi connectivity index (χ1) is 16.5. The Balaban J connectivity index is 1.33. The van der Waals surface area contributed by atoms with E-state index in [2.05, 4.69) is 11.4 Å². The number of nitrogens with zero attached hydrogens (tertiary/aromatic N) is 3. The number of anilines is 2. The summed E-state index contributed by atoms with van der Waals surface area (Å²) in [6.45, 7) is 4.93. The normalized spacial score (nSPS) is 12.7. The molecule has 0 saturated carbocycles. The van der Waals surface area contributed by atoms with Gasteiger partial charge in [-0.3, -0.25) is 9.59 Å². The third kappa shape index (κ3) is 4.43. The predicted molar refractivity (Wildman–Crippen MR) is 138 cm³/mol. The van der Waals surface area contributed by atoms with Crippen LogP contribution in [0.4, 0.5) is 11.4 Å². The summed E-state index contributed by atoms with van der Waals surface area (Å²) < 4.78 is 1.92. The number of rotatable bonds is 6. The third-order valence-electron chi connectivity index (χ3n) is 6.22. The average Bonchev–Trinajstić information content (AvgIpc) is 3.42. The van der Waals surface area contributed by atoms with Crippen molar-refractivity contribution in [1.29, 1.82) is 0 Å². The molecule has 5 rings (SSSR count). The Hall–Kier alpha value is -3.58. The molecule has 34 heavy (non-hydrogen) atoms. The fraction of sp³-hybridized carbons (Fsp3) is 0.222. The summed E-state index contributed by atoms with van der Waals surface area (Å²) in [4.78, 5) is 32.5. The van der Waals surface area contributed by atoms with E-state index in [1.807, 2.05) is 84.0 Å². The Morgan fingerprint density at radius 1 is 1.00 bits per heavy atom. The number of para-hydroxylation sites is 3. The summed E-state index contributed by atoms with van der Waals surface area (Å²) in [5, 5.41) is 3.62. The number of carbonyl (C=O) groups excluding carboxylic acids is 2. The summed E-state index contributed by atoms with van der Waals surface area (Å²) in [6, 6.07) is 21.7. The van der Waals surface area contributed by atoms with Crippen molar-refractivity contribution in [2.24, 2.45) is 0 Å². The number of hydrogen-bond acceptors (Lipinski definition) is 4. The number of nitrogens with one attached hydrogen (secondary N) is 1. The number of aromatic nitrogens is 2. The van der Waals surface area contributed by atoms with Gasteiger partial charge in [0.2, 0.25) is 11.8 Å². The van der Waals surface area contributed by atoms with Crippen molar-refractivity contribution in [3.63, 3.8) is 0 Å². The molecule has 1 aromatic heterocycles.